The molecule has 0 unspecified atom stereocenters. The summed E-state index contributed by atoms with van der Waals surface area (Å²) in [5.74, 6) is 0. The van der Waals surface area contributed by atoms with Crippen LogP contribution in [-0.4, -0.2) is 4.98 Å². The number of pyridine rings is 1. The molecule has 0 aliphatic carbocycles. The minimum absolute atomic E-state index is 1.08. The molecule has 0 saturated heterocycles. The van der Waals surface area contributed by atoms with Crippen LogP contribution < -0.4 is 4.90 Å². The molecule has 0 amide bonds. The summed E-state index contributed by atoms with van der Waals surface area (Å²) in [7, 11) is 0. The number of rotatable bonds is 4. The number of benzene rings is 6. The molecule has 0 bridgehead atoms. The van der Waals surface area contributed by atoms with Crippen LogP contribution in [0.4, 0.5) is 17.1 Å². The molecule has 0 atom stereocenters. The van der Waals surface area contributed by atoms with E-state index in [0.29, 0.717) is 0 Å². The summed E-state index contributed by atoms with van der Waals surface area (Å²) in [5.41, 5.74) is 6.94. The van der Waals surface area contributed by atoms with E-state index in [2.05, 4.69) is 138 Å². The third-order valence-electron chi connectivity index (χ3n) is 8.31. The fraction of sp³-hybridized carbons (Fsp3) is 0. The average molecular weight is 585 g/mol. The average Bonchev–Trinajstić information content (AvgIpc) is 3.63. The van der Waals surface area contributed by atoms with Gasteiger partial charge < -0.3 is 4.90 Å². The van der Waals surface area contributed by atoms with Gasteiger partial charge in [-0.15, -0.1) is 22.7 Å². The molecule has 9 rings (SSSR count). The van der Waals surface area contributed by atoms with E-state index >= 15 is 0 Å². The number of aromatic nitrogens is 1. The minimum Gasteiger partial charge on any atom is -0.310 e. The first-order chi connectivity index (χ1) is 21.3. The summed E-state index contributed by atoms with van der Waals surface area (Å²) < 4.78 is 5.13. The highest BCUT2D eigenvalue weighted by molar-refractivity contribution is 7.26. The number of nitrogens with zero attached hydrogens (tertiary/aromatic N) is 2. The van der Waals surface area contributed by atoms with Gasteiger partial charge in [-0.1, -0.05) is 91.0 Å². The zero-order valence-corrected chi connectivity index (χ0v) is 24.7. The third kappa shape index (κ3) is 4.03. The third-order valence-corrected chi connectivity index (χ3v) is 10.6. The number of fused-ring (bicyclic) bond motifs is 8. The smallest absolute Gasteiger partial charge is 0.0880 e. The summed E-state index contributed by atoms with van der Waals surface area (Å²) in [5, 5.41) is 6.35. The fourth-order valence-corrected chi connectivity index (χ4v) is 8.62. The Morgan fingerprint density at radius 2 is 1.07 bits per heavy atom. The van der Waals surface area contributed by atoms with E-state index in [-0.39, 0.29) is 0 Å². The van der Waals surface area contributed by atoms with E-state index in [1.54, 1.807) is 0 Å². The number of hydrogen-bond acceptors (Lipinski definition) is 4. The molecule has 3 aromatic heterocycles. The molecule has 3 heterocycles. The molecule has 0 aliphatic heterocycles. The second-order valence-electron chi connectivity index (χ2n) is 10.8. The summed E-state index contributed by atoms with van der Waals surface area (Å²) in [4.78, 5) is 7.13. The lowest BCUT2D eigenvalue weighted by molar-refractivity contribution is 1.30. The SMILES string of the molecule is c1ccc(-c2ccc(N(c3ccc4c(c3)sc3ccccc34)c3ccc4c(c3)sc3c4ccc4cccnc43)cc2)cc1. The van der Waals surface area contributed by atoms with Crippen LogP contribution in [0.25, 0.3) is 62.4 Å². The van der Waals surface area contributed by atoms with Gasteiger partial charge in [0, 0.05) is 64.3 Å². The summed E-state index contributed by atoms with van der Waals surface area (Å²) in [6.45, 7) is 0. The molecule has 4 heteroatoms. The van der Waals surface area contributed by atoms with E-state index in [1.807, 2.05) is 34.9 Å². The molecule has 0 saturated carbocycles. The maximum absolute atomic E-state index is 4.74. The summed E-state index contributed by atoms with van der Waals surface area (Å²) in [6.07, 6.45) is 1.89. The topological polar surface area (TPSA) is 16.1 Å². The van der Waals surface area contributed by atoms with Crippen molar-refractivity contribution >= 4 is 91.0 Å². The van der Waals surface area contributed by atoms with Crippen LogP contribution in [0, 0.1) is 0 Å². The molecule has 0 N–H and O–H groups in total. The maximum atomic E-state index is 4.74. The van der Waals surface area contributed by atoms with Crippen molar-refractivity contribution in [1.82, 2.24) is 4.98 Å². The van der Waals surface area contributed by atoms with Crippen molar-refractivity contribution < 1.29 is 0 Å². The zero-order valence-electron chi connectivity index (χ0n) is 23.1. The van der Waals surface area contributed by atoms with E-state index in [4.69, 9.17) is 4.98 Å². The van der Waals surface area contributed by atoms with E-state index < -0.39 is 0 Å². The number of anilines is 3. The molecule has 0 radical (unpaired) electrons. The molecule has 0 spiro atoms. The Morgan fingerprint density at radius 3 is 1.88 bits per heavy atom. The van der Waals surface area contributed by atoms with Crippen LogP contribution in [-0.2, 0) is 0 Å². The largest absolute Gasteiger partial charge is 0.310 e. The van der Waals surface area contributed by atoms with Crippen LogP contribution in [0.2, 0.25) is 0 Å². The van der Waals surface area contributed by atoms with Crippen molar-refractivity contribution in [2.75, 3.05) is 4.90 Å². The second kappa shape index (κ2) is 9.77. The Labute approximate surface area is 256 Å². The minimum atomic E-state index is 1.08. The first kappa shape index (κ1) is 24.6. The Balaban J connectivity index is 1.23. The van der Waals surface area contributed by atoms with Crippen molar-refractivity contribution in [3.8, 4) is 11.1 Å². The normalized spacial score (nSPS) is 11.7. The van der Waals surface area contributed by atoms with Gasteiger partial charge in [-0.3, -0.25) is 4.98 Å². The van der Waals surface area contributed by atoms with Gasteiger partial charge in [-0.25, -0.2) is 0 Å². The first-order valence-corrected chi connectivity index (χ1v) is 16.0. The van der Waals surface area contributed by atoms with Crippen molar-refractivity contribution in [2.24, 2.45) is 0 Å². The van der Waals surface area contributed by atoms with Crippen molar-refractivity contribution in [3.05, 3.63) is 146 Å². The summed E-state index contributed by atoms with van der Waals surface area (Å²) in [6, 6.07) is 50.5. The van der Waals surface area contributed by atoms with Crippen LogP contribution in [0.1, 0.15) is 0 Å². The highest BCUT2D eigenvalue weighted by Crippen LogP contribution is 2.44. The van der Waals surface area contributed by atoms with Gasteiger partial charge in [-0.05, 0) is 59.7 Å². The number of hydrogen-bond donors (Lipinski definition) is 0. The van der Waals surface area contributed by atoms with Crippen molar-refractivity contribution in [1.29, 1.82) is 0 Å². The Hall–Kier alpha value is -5.03. The van der Waals surface area contributed by atoms with Gasteiger partial charge in [0.05, 0.1) is 10.2 Å². The number of thiophene rings is 2. The molecule has 2 nitrogen and oxygen atoms in total. The molecule has 43 heavy (non-hydrogen) atoms. The van der Waals surface area contributed by atoms with E-state index in [1.165, 1.54) is 56.9 Å². The van der Waals surface area contributed by atoms with Crippen LogP contribution in [0.15, 0.2) is 146 Å². The Morgan fingerprint density at radius 1 is 0.442 bits per heavy atom. The second-order valence-corrected chi connectivity index (χ2v) is 13.0. The fourth-order valence-electron chi connectivity index (χ4n) is 6.24. The van der Waals surface area contributed by atoms with Crippen LogP contribution in [0.3, 0.4) is 0 Å². The van der Waals surface area contributed by atoms with Crippen molar-refractivity contribution in [2.45, 2.75) is 0 Å². The molecule has 0 aliphatic rings. The van der Waals surface area contributed by atoms with Crippen LogP contribution in [0.5, 0.6) is 0 Å². The molecular formula is C39H24N2S2. The lowest BCUT2D eigenvalue weighted by atomic mass is 10.0. The zero-order chi connectivity index (χ0) is 28.3. The van der Waals surface area contributed by atoms with E-state index in [0.717, 1.165) is 22.6 Å². The predicted octanol–water partition coefficient (Wildman–Crippen LogP) is 12.1. The van der Waals surface area contributed by atoms with E-state index in [9.17, 15) is 0 Å². The Kier molecular flexibility index (Phi) is 5.58. The lowest BCUT2D eigenvalue weighted by Gasteiger charge is -2.26. The van der Waals surface area contributed by atoms with Gasteiger partial charge in [0.15, 0.2) is 0 Å². The molecule has 202 valence electrons. The first-order valence-electron chi connectivity index (χ1n) is 14.4. The predicted molar refractivity (Wildman–Crippen MR) is 188 cm³/mol. The lowest BCUT2D eigenvalue weighted by Crippen LogP contribution is -2.09. The van der Waals surface area contributed by atoms with Gasteiger partial charge in [0.25, 0.3) is 0 Å². The molecular weight excluding hydrogens is 561 g/mol. The monoisotopic (exact) mass is 584 g/mol. The van der Waals surface area contributed by atoms with Crippen LogP contribution >= 0.6 is 22.7 Å². The standard InChI is InChI=1S/C39H24N2S2/c1-2-7-25(8-3-1)26-12-15-28(16-13-26)41(29-17-20-32-31-10-4-5-11-35(31)42-36(32)23-29)30-18-21-33-34-19-14-27-9-6-22-40-38(27)39(34)43-37(33)24-30/h1-24H. The van der Waals surface area contributed by atoms with Crippen molar-refractivity contribution in [3.63, 3.8) is 0 Å². The van der Waals surface area contributed by atoms with Gasteiger partial charge in [-0.2, -0.15) is 0 Å². The molecule has 6 aromatic carbocycles. The maximum Gasteiger partial charge on any atom is 0.0880 e. The summed E-state index contributed by atoms with van der Waals surface area (Å²) >= 11 is 3.69. The molecule has 9 aromatic rings. The molecule has 0 fully saturated rings. The van der Waals surface area contributed by atoms with Gasteiger partial charge >= 0.3 is 0 Å². The highest BCUT2D eigenvalue weighted by atomic mass is 32.1. The van der Waals surface area contributed by atoms with Gasteiger partial charge in [0.2, 0.25) is 0 Å². The van der Waals surface area contributed by atoms with Gasteiger partial charge in [0.1, 0.15) is 0 Å². The highest BCUT2D eigenvalue weighted by Gasteiger charge is 2.17. The Bertz CT molecular complexity index is 2450. The quantitative estimate of drug-likeness (QED) is 0.205.